The molecular formula is C21H16BrClN2. The lowest BCUT2D eigenvalue weighted by Gasteiger charge is -2.24. The quantitative estimate of drug-likeness (QED) is 0.483. The third-order valence-electron chi connectivity index (χ3n) is 4.36. The van der Waals surface area contributed by atoms with E-state index in [1.807, 2.05) is 42.5 Å². The Morgan fingerprint density at radius 1 is 0.880 bits per heavy atom. The largest absolute Gasteiger partial charge is 0.257 e. The van der Waals surface area contributed by atoms with E-state index in [9.17, 15) is 0 Å². The molecule has 25 heavy (non-hydrogen) atoms. The normalized spacial score (nSPS) is 16.8. The second kappa shape index (κ2) is 7.03. The van der Waals surface area contributed by atoms with Gasteiger partial charge in [0, 0.05) is 15.9 Å². The van der Waals surface area contributed by atoms with E-state index in [2.05, 4.69) is 57.3 Å². The van der Waals surface area contributed by atoms with Crippen molar-refractivity contribution in [2.24, 2.45) is 5.10 Å². The zero-order chi connectivity index (χ0) is 17.2. The molecule has 4 rings (SSSR count). The summed E-state index contributed by atoms with van der Waals surface area (Å²) >= 11 is 9.54. The van der Waals surface area contributed by atoms with E-state index in [4.69, 9.17) is 16.7 Å². The number of halogens is 2. The van der Waals surface area contributed by atoms with Gasteiger partial charge in [-0.05, 0) is 47.5 Å². The van der Waals surface area contributed by atoms with Crippen molar-refractivity contribution in [1.82, 2.24) is 0 Å². The summed E-state index contributed by atoms with van der Waals surface area (Å²) < 4.78 is 1.08. The Kier molecular flexibility index (Phi) is 4.60. The summed E-state index contributed by atoms with van der Waals surface area (Å²) in [5, 5.41) is 7.79. The topological polar surface area (TPSA) is 15.6 Å². The first kappa shape index (κ1) is 16.4. The van der Waals surface area contributed by atoms with E-state index in [0.29, 0.717) is 0 Å². The minimum absolute atomic E-state index is 0.182. The summed E-state index contributed by atoms with van der Waals surface area (Å²) in [6.45, 7) is 0. The zero-order valence-corrected chi connectivity index (χ0v) is 15.8. The summed E-state index contributed by atoms with van der Waals surface area (Å²) in [6.07, 6.45) is 0.859. The number of hydrogen-bond acceptors (Lipinski definition) is 2. The maximum absolute atomic E-state index is 6.03. The lowest BCUT2D eigenvalue weighted by atomic mass is 9.98. The third kappa shape index (κ3) is 3.48. The van der Waals surface area contributed by atoms with Crippen LogP contribution in [0.1, 0.15) is 23.6 Å². The van der Waals surface area contributed by atoms with Crippen LogP contribution >= 0.6 is 27.5 Å². The Balaban J connectivity index is 1.73. The molecule has 0 aliphatic carbocycles. The van der Waals surface area contributed by atoms with Crippen molar-refractivity contribution < 1.29 is 0 Å². The molecule has 1 atom stereocenters. The number of para-hydroxylation sites is 1. The predicted molar refractivity (Wildman–Crippen MR) is 108 cm³/mol. The molecule has 0 saturated heterocycles. The van der Waals surface area contributed by atoms with Crippen LogP contribution < -0.4 is 5.01 Å². The average molecular weight is 412 g/mol. The molecule has 0 bridgehead atoms. The van der Waals surface area contributed by atoms with Crippen molar-refractivity contribution in [2.45, 2.75) is 12.5 Å². The summed E-state index contributed by atoms with van der Waals surface area (Å²) in [5.74, 6) is 0. The van der Waals surface area contributed by atoms with Crippen LogP contribution in [0.3, 0.4) is 0 Å². The Morgan fingerprint density at radius 2 is 1.56 bits per heavy atom. The van der Waals surface area contributed by atoms with Gasteiger partial charge in [-0.1, -0.05) is 70.0 Å². The van der Waals surface area contributed by atoms with Crippen LogP contribution in [0, 0.1) is 0 Å². The fourth-order valence-electron chi connectivity index (χ4n) is 3.09. The summed E-state index contributed by atoms with van der Waals surface area (Å²) in [5.41, 5.74) is 4.54. The van der Waals surface area contributed by atoms with Gasteiger partial charge in [-0.3, -0.25) is 5.01 Å². The van der Waals surface area contributed by atoms with Gasteiger partial charge in [-0.2, -0.15) is 5.10 Å². The van der Waals surface area contributed by atoms with Gasteiger partial charge in [0.2, 0.25) is 0 Å². The minimum Gasteiger partial charge on any atom is -0.257 e. The molecule has 1 aliphatic rings. The molecule has 1 heterocycles. The predicted octanol–water partition coefficient (Wildman–Crippen LogP) is 6.46. The maximum Gasteiger partial charge on any atom is 0.0831 e. The van der Waals surface area contributed by atoms with Crippen molar-refractivity contribution in [1.29, 1.82) is 0 Å². The summed E-state index contributed by atoms with van der Waals surface area (Å²) in [6, 6.07) is 26.9. The van der Waals surface area contributed by atoms with E-state index in [0.717, 1.165) is 32.9 Å². The van der Waals surface area contributed by atoms with E-state index < -0.39 is 0 Å². The van der Waals surface area contributed by atoms with Gasteiger partial charge in [0.05, 0.1) is 17.4 Å². The number of hydrazone groups is 1. The molecule has 3 aromatic rings. The Labute approximate surface area is 160 Å². The second-order valence-corrected chi connectivity index (χ2v) is 7.36. The zero-order valence-electron chi connectivity index (χ0n) is 13.4. The van der Waals surface area contributed by atoms with Crippen molar-refractivity contribution in [3.05, 3.63) is 99.5 Å². The van der Waals surface area contributed by atoms with E-state index in [1.165, 1.54) is 5.56 Å². The Morgan fingerprint density at radius 3 is 2.24 bits per heavy atom. The van der Waals surface area contributed by atoms with E-state index in [-0.39, 0.29) is 6.04 Å². The molecule has 0 spiro atoms. The fourth-order valence-corrected chi connectivity index (χ4v) is 3.48. The van der Waals surface area contributed by atoms with Crippen molar-refractivity contribution >= 4 is 38.9 Å². The smallest absolute Gasteiger partial charge is 0.0831 e. The molecule has 4 heteroatoms. The lowest BCUT2D eigenvalue weighted by Crippen LogP contribution is -2.18. The van der Waals surface area contributed by atoms with Gasteiger partial charge in [-0.15, -0.1) is 0 Å². The molecular weight excluding hydrogens is 396 g/mol. The summed E-state index contributed by atoms with van der Waals surface area (Å²) in [7, 11) is 0. The molecule has 0 N–H and O–H groups in total. The number of rotatable bonds is 3. The van der Waals surface area contributed by atoms with Gasteiger partial charge >= 0.3 is 0 Å². The highest BCUT2D eigenvalue weighted by atomic mass is 79.9. The number of anilines is 1. The molecule has 0 saturated carbocycles. The third-order valence-corrected chi connectivity index (χ3v) is 5.14. The number of nitrogens with zero attached hydrogens (tertiary/aromatic N) is 2. The molecule has 3 aromatic carbocycles. The summed E-state index contributed by atoms with van der Waals surface area (Å²) in [4.78, 5) is 0. The van der Waals surface area contributed by atoms with E-state index in [1.54, 1.807) is 0 Å². The first-order chi connectivity index (χ1) is 12.2. The Bertz CT molecular complexity index is 889. The van der Waals surface area contributed by atoms with Crippen LogP contribution in [0.25, 0.3) is 0 Å². The van der Waals surface area contributed by atoms with Crippen LogP contribution in [0.15, 0.2) is 88.4 Å². The van der Waals surface area contributed by atoms with Gasteiger partial charge in [0.15, 0.2) is 0 Å². The average Bonchev–Trinajstić information content (AvgIpc) is 3.09. The van der Waals surface area contributed by atoms with Crippen LogP contribution in [0.2, 0.25) is 5.02 Å². The second-order valence-electron chi connectivity index (χ2n) is 6.01. The minimum atomic E-state index is 0.182. The highest BCUT2D eigenvalue weighted by Crippen LogP contribution is 2.37. The first-order valence-electron chi connectivity index (χ1n) is 8.14. The van der Waals surface area contributed by atoms with E-state index >= 15 is 0 Å². The van der Waals surface area contributed by atoms with Crippen LogP contribution in [-0.2, 0) is 0 Å². The first-order valence-corrected chi connectivity index (χ1v) is 9.31. The Hall–Kier alpha value is -2.10. The molecule has 1 aliphatic heterocycles. The maximum atomic E-state index is 6.03. The van der Waals surface area contributed by atoms with Crippen LogP contribution in [0.4, 0.5) is 5.69 Å². The monoisotopic (exact) mass is 410 g/mol. The number of benzene rings is 3. The molecule has 2 nitrogen and oxygen atoms in total. The standard InChI is InChI=1S/C21H16BrClN2/c22-17-10-6-16(7-11-17)21-14-20(15-8-12-18(23)13-9-15)24-25(21)19-4-2-1-3-5-19/h1-13,21H,14H2/t21-/m1/s1. The fraction of sp³-hybridized carbons (Fsp3) is 0.0952. The van der Waals surface area contributed by atoms with Crippen LogP contribution in [0.5, 0.6) is 0 Å². The van der Waals surface area contributed by atoms with Gasteiger partial charge in [0.25, 0.3) is 0 Å². The molecule has 124 valence electrons. The highest BCUT2D eigenvalue weighted by Gasteiger charge is 2.29. The van der Waals surface area contributed by atoms with Gasteiger partial charge in [0.1, 0.15) is 0 Å². The molecule has 0 unspecified atom stereocenters. The van der Waals surface area contributed by atoms with Gasteiger partial charge < -0.3 is 0 Å². The lowest BCUT2D eigenvalue weighted by molar-refractivity contribution is 0.709. The molecule has 0 aromatic heterocycles. The molecule has 0 fully saturated rings. The van der Waals surface area contributed by atoms with Crippen molar-refractivity contribution in [3.8, 4) is 0 Å². The highest BCUT2D eigenvalue weighted by molar-refractivity contribution is 9.10. The molecule has 0 amide bonds. The SMILES string of the molecule is Clc1ccc(C2=NN(c3ccccc3)[C@@H](c3ccc(Br)cc3)C2)cc1. The van der Waals surface area contributed by atoms with Gasteiger partial charge in [-0.25, -0.2) is 0 Å². The van der Waals surface area contributed by atoms with Crippen LogP contribution in [-0.4, -0.2) is 5.71 Å². The molecule has 0 radical (unpaired) electrons. The van der Waals surface area contributed by atoms with Crippen molar-refractivity contribution in [3.63, 3.8) is 0 Å². The number of hydrogen-bond donors (Lipinski definition) is 0. The van der Waals surface area contributed by atoms with Crippen molar-refractivity contribution in [2.75, 3.05) is 5.01 Å².